The third-order valence-electron chi connectivity index (χ3n) is 5.97. The van der Waals surface area contributed by atoms with Gasteiger partial charge in [0, 0.05) is 24.3 Å². The molecule has 29 heavy (non-hydrogen) atoms. The van der Waals surface area contributed by atoms with Crippen LogP contribution in [0.3, 0.4) is 0 Å². The van der Waals surface area contributed by atoms with E-state index >= 15 is 0 Å². The van der Waals surface area contributed by atoms with E-state index in [4.69, 9.17) is 0 Å². The lowest BCUT2D eigenvalue weighted by Gasteiger charge is -2.22. The first-order valence-corrected chi connectivity index (χ1v) is 10.3. The van der Waals surface area contributed by atoms with Gasteiger partial charge < -0.3 is 21.2 Å². The molecule has 2 aromatic rings. The van der Waals surface area contributed by atoms with E-state index in [0.29, 0.717) is 0 Å². The van der Waals surface area contributed by atoms with E-state index in [1.165, 1.54) is 28.0 Å². The molecule has 5 N–H and O–H groups in total. The van der Waals surface area contributed by atoms with Crippen molar-refractivity contribution in [2.75, 3.05) is 25.0 Å². The molecule has 6 heteroatoms. The van der Waals surface area contributed by atoms with Crippen LogP contribution in [0.5, 0.6) is 5.75 Å². The second kappa shape index (κ2) is 7.46. The number of hydrazine groups is 2. The third-order valence-corrected chi connectivity index (χ3v) is 5.97. The van der Waals surface area contributed by atoms with Gasteiger partial charge in [0.25, 0.3) is 0 Å². The van der Waals surface area contributed by atoms with E-state index in [-0.39, 0.29) is 11.8 Å². The number of fused-ring (bicyclic) bond motifs is 3. The summed E-state index contributed by atoms with van der Waals surface area (Å²) >= 11 is 0. The highest BCUT2D eigenvalue weighted by molar-refractivity contribution is 5.76. The van der Waals surface area contributed by atoms with Crippen molar-refractivity contribution in [2.45, 2.75) is 25.8 Å². The van der Waals surface area contributed by atoms with Gasteiger partial charge in [0.2, 0.25) is 0 Å². The molecule has 0 saturated heterocycles. The van der Waals surface area contributed by atoms with Crippen LogP contribution < -0.4 is 21.6 Å². The maximum atomic E-state index is 9.62. The van der Waals surface area contributed by atoms with Gasteiger partial charge in [-0.05, 0) is 73.3 Å². The van der Waals surface area contributed by atoms with Gasteiger partial charge in [-0.2, -0.15) is 0 Å². The van der Waals surface area contributed by atoms with E-state index in [9.17, 15) is 5.11 Å². The highest BCUT2D eigenvalue weighted by Crippen LogP contribution is 2.38. The molecule has 0 aromatic heterocycles. The second-order valence-electron chi connectivity index (χ2n) is 7.88. The fourth-order valence-corrected chi connectivity index (χ4v) is 4.46. The van der Waals surface area contributed by atoms with E-state index in [2.05, 4.69) is 57.8 Å². The summed E-state index contributed by atoms with van der Waals surface area (Å²) in [7, 11) is 0. The molecular formula is C23H27N5O. The Morgan fingerprint density at radius 1 is 1.14 bits per heavy atom. The quantitative estimate of drug-likeness (QED) is 0.519. The fourth-order valence-electron chi connectivity index (χ4n) is 4.46. The summed E-state index contributed by atoms with van der Waals surface area (Å²) in [6, 6.07) is 14.4. The third kappa shape index (κ3) is 3.45. The minimum absolute atomic E-state index is 0.185. The minimum Gasteiger partial charge on any atom is -0.508 e. The zero-order valence-electron chi connectivity index (χ0n) is 16.6. The van der Waals surface area contributed by atoms with Crippen LogP contribution in [0.2, 0.25) is 0 Å². The normalized spacial score (nSPS) is 21.1. The zero-order valence-corrected chi connectivity index (χ0v) is 16.6. The number of nitrogens with zero attached hydrogens (tertiary/aromatic N) is 1. The molecule has 1 unspecified atom stereocenters. The van der Waals surface area contributed by atoms with Crippen LogP contribution in [0.15, 0.2) is 54.2 Å². The van der Waals surface area contributed by atoms with Crippen molar-refractivity contribution in [1.82, 2.24) is 21.3 Å². The number of nitrogens with one attached hydrogen (secondary N) is 4. The number of benzene rings is 2. The molecule has 3 heterocycles. The van der Waals surface area contributed by atoms with Crippen molar-refractivity contribution in [3.8, 4) is 5.75 Å². The van der Waals surface area contributed by atoms with Crippen LogP contribution in [0.4, 0.5) is 5.69 Å². The Kier molecular flexibility index (Phi) is 4.66. The predicted molar refractivity (Wildman–Crippen MR) is 117 cm³/mol. The Bertz CT molecular complexity index is 979. The number of phenols is 1. The topological polar surface area (TPSA) is 71.6 Å². The molecule has 2 aromatic carbocycles. The molecule has 0 spiro atoms. The van der Waals surface area contributed by atoms with Gasteiger partial charge in [0.05, 0.1) is 17.4 Å². The molecular weight excluding hydrogens is 362 g/mol. The summed E-state index contributed by atoms with van der Waals surface area (Å²) in [6.07, 6.45) is 4.33. The Labute approximate surface area is 171 Å². The number of aromatic hydroxyl groups is 1. The molecule has 0 amide bonds. The molecule has 0 radical (unpaired) electrons. The number of anilines is 1. The number of phenolic OH excluding ortho intramolecular Hbond substituents is 1. The second-order valence-corrected chi connectivity index (χ2v) is 7.88. The summed E-state index contributed by atoms with van der Waals surface area (Å²) in [6.45, 7) is 4.98. The van der Waals surface area contributed by atoms with E-state index in [1.807, 2.05) is 12.1 Å². The van der Waals surface area contributed by atoms with Crippen LogP contribution in [0.25, 0.3) is 11.3 Å². The molecule has 0 bridgehead atoms. The van der Waals surface area contributed by atoms with E-state index < -0.39 is 0 Å². The fraction of sp³-hybridized carbons (Fsp3) is 0.304. The van der Waals surface area contributed by atoms with Crippen LogP contribution in [-0.2, 0) is 0 Å². The van der Waals surface area contributed by atoms with Gasteiger partial charge in [0.1, 0.15) is 5.75 Å². The Morgan fingerprint density at radius 2 is 2.00 bits per heavy atom. The molecule has 0 saturated carbocycles. The van der Waals surface area contributed by atoms with Crippen LogP contribution in [-0.4, -0.2) is 29.7 Å². The van der Waals surface area contributed by atoms with Gasteiger partial charge in [-0.25, -0.2) is 0 Å². The lowest BCUT2D eigenvalue weighted by molar-refractivity contribution is 0.281. The first-order valence-electron chi connectivity index (χ1n) is 10.3. The lowest BCUT2D eigenvalue weighted by atomic mass is 9.91. The molecule has 6 nitrogen and oxygen atoms in total. The molecule has 150 valence electrons. The van der Waals surface area contributed by atoms with Crippen LogP contribution in [0, 0.1) is 0 Å². The Hall–Kier alpha value is -2.96. The van der Waals surface area contributed by atoms with Crippen LogP contribution in [0.1, 0.15) is 42.5 Å². The lowest BCUT2D eigenvalue weighted by Crippen LogP contribution is -2.37. The van der Waals surface area contributed by atoms with Gasteiger partial charge in [0.15, 0.2) is 0 Å². The van der Waals surface area contributed by atoms with E-state index in [0.717, 1.165) is 43.9 Å². The first-order chi connectivity index (χ1) is 14.2. The highest BCUT2D eigenvalue weighted by atomic mass is 16.3. The molecule has 0 fully saturated rings. The number of rotatable bonds is 3. The van der Waals surface area contributed by atoms with Crippen molar-refractivity contribution >= 4 is 17.0 Å². The molecule has 5 rings (SSSR count). The summed E-state index contributed by atoms with van der Waals surface area (Å²) in [5.41, 5.74) is 15.2. The largest absolute Gasteiger partial charge is 0.508 e. The van der Waals surface area contributed by atoms with Gasteiger partial charge in [-0.3, -0.25) is 5.01 Å². The van der Waals surface area contributed by atoms with Crippen molar-refractivity contribution in [2.24, 2.45) is 0 Å². The van der Waals surface area contributed by atoms with E-state index in [1.54, 1.807) is 12.1 Å². The monoisotopic (exact) mass is 389 g/mol. The van der Waals surface area contributed by atoms with Crippen LogP contribution >= 0.6 is 0 Å². The maximum Gasteiger partial charge on any atom is 0.115 e. The first kappa shape index (κ1) is 18.1. The number of hydrogen-bond acceptors (Lipinski definition) is 6. The van der Waals surface area contributed by atoms with Gasteiger partial charge >= 0.3 is 0 Å². The summed E-state index contributed by atoms with van der Waals surface area (Å²) < 4.78 is 0. The SMILES string of the molecule is CC1=C2c3ccc(C4=CCNCC4)cc3C(Nc3ccc(O)cc3)CCN2NN1. The maximum absolute atomic E-state index is 9.62. The van der Waals surface area contributed by atoms with Crippen molar-refractivity contribution in [1.29, 1.82) is 0 Å². The zero-order chi connectivity index (χ0) is 19.8. The minimum atomic E-state index is 0.185. The summed E-state index contributed by atoms with van der Waals surface area (Å²) in [5, 5.41) is 18.9. The Balaban J connectivity index is 1.58. The van der Waals surface area contributed by atoms with Gasteiger partial charge in [-0.15, -0.1) is 5.53 Å². The summed E-state index contributed by atoms with van der Waals surface area (Å²) in [4.78, 5) is 0. The van der Waals surface area contributed by atoms with Crippen molar-refractivity contribution in [3.05, 3.63) is 70.9 Å². The molecule has 1 atom stereocenters. The number of allylic oxidation sites excluding steroid dienone is 1. The average Bonchev–Trinajstić information content (AvgIpc) is 3.05. The number of hydrogen-bond donors (Lipinski definition) is 5. The molecule has 3 aliphatic heterocycles. The standard InChI is InChI=1S/C23H27N5O/c1-15-23-20-7-2-17(16-8-11-24-12-9-16)14-21(20)22(10-13-28(23)27-26-15)25-18-3-5-19(29)6-4-18/h2-8,14,22,24-27,29H,9-13H2,1H3. The van der Waals surface area contributed by atoms with Crippen molar-refractivity contribution < 1.29 is 5.11 Å². The molecule has 0 aliphatic carbocycles. The van der Waals surface area contributed by atoms with Crippen molar-refractivity contribution in [3.63, 3.8) is 0 Å². The Morgan fingerprint density at radius 3 is 2.79 bits per heavy atom. The highest BCUT2D eigenvalue weighted by Gasteiger charge is 2.30. The molecule has 3 aliphatic rings. The predicted octanol–water partition coefficient (Wildman–Crippen LogP) is 3.34. The van der Waals surface area contributed by atoms with Gasteiger partial charge in [-0.1, -0.05) is 18.2 Å². The summed E-state index contributed by atoms with van der Waals surface area (Å²) in [5.74, 6) is 0.286. The smallest absolute Gasteiger partial charge is 0.115 e. The average molecular weight is 390 g/mol.